The molecule has 3 amide bonds. The molecule has 0 fully saturated rings. The summed E-state index contributed by atoms with van der Waals surface area (Å²) in [6.45, 7) is 3.77. The molecule has 138 valence electrons. The van der Waals surface area contributed by atoms with E-state index in [-0.39, 0.29) is 5.56 Å². The molecule has 2 aromatic rings. The number of hydrogen-bond acceptors (Lipinski definition) is 3. The Bertz CT molecular complexity index is 769. The van der Waals surface area contributed by atoms with Gasteiger partial charge in [0.15, 0.2) is 0 Å². The Hall–Kier alpha value is -2.80. The van der Waals surface area contributed by atoms with Crippen LogP contribution in [0.25, 0.3) is 0 Å². The van der Waals surface area contributed by atoms with Crippen molar-refractivity contribution in [2.75, 3.05) is 6.54 Å². The van der Waals surface area contributed by atoms with E-state index in [9.17, 15) is 18.4 Å². The molecule has 0 unspecified atom stereocenters. The molecule has 5 nitrogen and oxygen atoms in total. The van der Waals surface area contributed by atoms with E-state index in [4.69, 9.17) is 0 Å². The lowest BCUT2D eigenvalue weighted by molar-refractivity contribution is -0.122. The Labute approximate surface area is 150 Å². The number of carbonyl (C=O) groups is 2. The summed E-state index contributed by atoms with van der Waals surface area (Å²) in [6, 6.07) is 9.94. The van der Waals surface area contributed by atoms with E-state index < -0.39 is 35.7 Å². The first kappa shape index (κ1) is 19.5. The van der Waals surface area contributed by atoms with Crippen LogP contribution < -0.4 is 16.0 Å². The number of rotatable bonds is 6. The topological polar surface area (TPSA) is 70.2 Å². The summed E-state index contributed by atoms with van der Waals surface area (Å²) in [6.07, 6.45) is 0. The van der Waals surface area contributed by atoms with Crippen molar-refractivity contribution in [1.29, 1.82) is 0 Å². The van der Waals surface area contributed by atoms with Crippen molar-refractivity contribution in [2.24, 2.45) is 0 Å². The van der Waals surface area contributed by atoms with Gasteiger partial charge >= 0.3 is 6.03 Å². The Morgan fingerprint density at radius 1 is 1.08 bits per heavy atom. The van der Waals surface area contributed by atoms with Crippen molar-refractivity contribution >= 4 is 11.9 Å². The van der Waals surface area contributed by atoms with E-state index >= 15 is 0 Å². The molecular formula is C19H21F2N3O2. The number of amides is 3. The van der Waals surface area contributed by atoms with Crippen molar-refractivity contribution in [3.8, 4) is 0 Å². The van der Waals surface area contributed by atoms with Crippen LogP contribution in [0, 0.1) is 11.6 Å². The Balaban J connectivity index is 2.23. The quantitative estimate of drug-likeness (QED) is 0.740. The number of carbonyl (C=O) groups excluding carboxylic acids is 2. The summed E-state index contributed by atoms with van der Waals surface area (Å²) >= 11 is 0. The van der Waals surface area contributed by atoms with E-state index in [0.717, 1.165) is 12.1 Å². The normalized spacial score (nSPS) is 12.9. The molecule has 0 spiro atoms. The van der Waals surface area contributed by atoms with E-state index in [1.165, 1.54) is 6.07 Å². The third-order valence-electron chi connectivity index (χ3n) is 3.81. The van der Waals surface area contributed by atoms with Gasteiger partial charge in [0.25, 0.3) is 0 Å². The highest BCUT2D eigenvalue weighted by Gasteiger charge is 2.25. The number of nitrogens with one attached hydrogen (secondary N) is 3. The molecule has 0 aliphatic heterocycles. The fraction of sp³-hybridized carbons (Fsp3) is 0.263. The van der Waals surface area contributed by atoms with Crippen molar-refractivity contribution in [3.63, 3.8) is 0 Å². The summed E-state index contributed by atoms with van der Waals surface area (Å²) in [5.41, 5.74) is 0.835. The summed E-state index contributed by atoms with van der Waals surface area (Å²) in [7, 11) is 0. The van der Waals surface area contributed by atoms with E-state index in [2.05, 4.69) is 16.0 Å². The lowest BCUT2D eigenvalue weighted by atomic mass is 10.0. The van der Waals surface area contributed by atoms with Crippen LogP contribution in [0.5, 0.6) is 0 Å². The lowest BCUT2D eigenvalue weighted by Gasteiger charge is -2.23. The highest BCUT2D eigenvalue weighted by atomic mass is 19.1. The summed E-state index contributed by atoms with van der Waals surface area (Å²) in [5.74, 6) is -1.95. The molecule has 0 aromatic heterocycles. The smallest absolute Gasteiger partial charge is 0.321 e. The van der Waals surface area contributed by atoms with Crippen LogP contribution in [-0.4, -0.2) is 18.5 Å². The third-order valence-corrected chi connectivity index (χ3v) is 3.81. The minimum atomic E-state index is -0.891. The standard InChI is InChI=1S/C19H21F2N3O2/c1-3-22-19(26)24-18(25)17(13-7-5-4-6-8-13)23-12(2)15-10-9-14(20)11-16(15)21/h4-12,17,23H,3H2,1-2H3,(H2,22,24,25,26)/t12-,17+/m1/s1. The van der Waals surface area contributed by atoms with E-state index in [0.29, 0.717) is 12.1 Å². The van der Waals surface area contributed by atoms with Gasteiger partial charge in [0.1, 0.15) is 17.7 Å². The second-order valence-corrected chi connectivity index (χ2v) is 5.75. The lowest BCUT2D eigenvalue weighted by Crippen LogP contribution is -2.45. The SMILES string of the molecule is CCNC(=O)NC(=O)[C@@H](N[C@H](C)c1ccc(F)cc1F)c1ccccc1. The second kappa shape index (κ2) is 9.05. The predicted molar refractivity (Wildman–Crippen MR) is 94.3 cm³/mol. The molecule has 26 heavy (non-hydrogen) atoms. The zero-order chi connectivity index (χ0) is 19.1. The maximum atomic E-state index is 14.0. The van der Waals surface area contributed by atoms with Crippen LogP contribution in [0.15, 0.2) is 48.5 Å². The van der Waals surface area contributed by atoms with Gasteiger partial charge < -0.3 is 5.32 Å². The van der Waals surface area contributed by atoms with Crippen molar-refractivity contribution < 1.29 is 18.4 Å². The van der Waals surface area contributed by atoms with Crippen molar-refractivity contribution in [3.05, 3.63) is 71.3 Å². The number of benzene rings is 2. The Kier molecular flexibility index (Phi) is 6.80. The molecule has 0 heterocycles. The predicted octanol–water partition coefficient (Wildman–Crippen LogP) is 3.20. The minimum Gasteiger partial charge on any atom is -0.338 e. The largest absolute Gasteiger partial charge is 0.338 e. The van der Waals surface area contributed by atoms with Gasteiger partial charge in [0, 0.05) is 24.2 Å². The molecule has 2 rings (SSSR count). The van der Waals surface area contributed by atoms with Crippen LogP contribution in [0.3, 0.4) is 0 Å². The first-order valence-electron chi connectivity index (χ1n) is 8.27. The van der Waals surface area contributed by atoms with Crippen LogP contribution in [0.4, 0.5) is 13.6 Å². The highest BCUT2D eigenvalue weighted by molar-refractivity contribution is 5.97. The maximum absolute atomic E-state index is 14.0. The van der Waals surface area contributed by atoms with Gasteiger partial charge in [-0.2, -0.15) is 0 Å². The van der Waals surface area contributed by atoms with Crippen molar-refractivity contribution in [2.45, 2.75) is 25.9 Å². The molecule has 0 saturated heterocycles. The Morgan fingerprint density at radius 3 is 2.38 bits per heavy atom. The molecule has 0 bridgehead atoms. The van der Waals surface area contributed by atoms with Gasteiger partial charge in [-0.1, -0.05) is 36.4 Å². The number of hydrogen-bond donors (Lipinski definition) is 3. The zero-order valence-electron chi connectivity index (χ0n) is 14.6. The molecule has 2 aromatic carbocycles. The molecular weight excluding hydrogens is 340 g/mol. The maximum Gasteiger partial charge on any atom is 0.321 e. The third kappa shape index (κ3) is 5.10. The van der Waals surface area contributed by atoms with Crippen LogP contribution in [0.1, 0.15) is 37.1 Å². The summed E-state index contributed by atoms with van der Waals surface area (Å²) in [4.78, 5) is 24.2. The highest BCUT2D eigenvalue weighted by Crippen LogP contribution is 2.22. The summed E-state index contributed by atoms with van der Waals surface area (Å²) in [5, 5.41) is 7.74. The van der Waals surface area contributed by atoms with Crippen LogP contribution >= 0.6 is 0 Å². The molecule has 0 aliphatic carbocycles. The number of imide groups is 1. The fourth-order valence-corrected chi connectivity index (χ4v) is 2.55. The van der Waals surface area contributed by atoms with Crippen LogP contribution in [0.2, 0.25) is 0 Å². The van der Waals surface area contributed by atoms with Gasteiger partial charge in [-0.3, -0.25) is 15.4 Å². The number of halogens is 2. The first-order chi connectivity index (χ1) is 12.4. The minimum absolute atomic E-state index is 0.221. The average Bonchev–Trinajstić information content (AvgIpc) is 2.60. The number of urea groups is 1. The van der Waals surface area contributed by atoms with Gasteiger partial charge in [-0.15, -0.1) is 0 Å². The molecule has 7 heteroatoms. The molecule has 3 N–H and O–H groups in total. The molecule has 0 aliphatic rings. The van der Waals surface area contributed by atoms with Gasteiger partial charge in [0.2, 0.25) is 5.91 Å². The van der Waals surface area contributed by atoms with Gasteiger partial charge in [-0.05, 0) is 25.5 Å². The van der Waals surface area contributed by atoms with Gasteiger partial charge in [0.05, 0.1) is 0 Å². The molecule has 2 atom stereocenters. The molecule has 0 radical (unpaired) electrons. The van der Waals surface area contributed by atoms with Crippen LogP contribution in [-0.2, 0) is 4.79 Å². The zero-order valence-corrected chi connectivity index (χ0v) is 14.6. The monoisotopic (exact) mass is 361 g/mol. The Morgan fingerprint density at radius 2 is 1.77 bits per heavy atom. The van der Waals surface area contributed by atoms with Gasteiger partial charge in [-0.25, -0.2) is 13.6 Å². The van der Waals surface area contributed by atoms with E-state index in [1.54, 1.807) is 44.2 Å². The second-order valence-electron chi connectivity index (χ2n) is 5.75. The summed E-state index contributed by atoms with van der Waals surface area (Å²) < 4.78 is 27.1. The first-order valence-corrected chi connectivity index (χ1v) is 8.27. The van der Waals surface area contributed by atoms with E-state index in [1.807, 2.05) is 0 Å². The average molecular weight is 361 g/mol. The fourth-order valence-electron chi connectivity index (χ4n) is 2.55. The van der Waals surface area contributed by atoms with Crippen molar-refractivity contribution in [1.82, 2.24) is 16.0 Å². The molecule has 0 saturated carbocycles.